The van der Waals surface area contributed by atoms with Crippen LogP contribution in [0.3, 0.4) is 0 Å². The number of halogens is 3. The van der Waals surface area contributed by atoms with Gasteiger partial charge < -0.3 is 10.1 Å². The van der Waals surface area contributed by atoms with E-state index in [0.717, 1.165) is 0 Å². The van der Waals surface area contributed by atoms with E-state index in [2.05, 4.69) is 15.3 Å². The van der Waals surface area contributed by atoms with E-state index in [4.69, 9.17) is 10.00 Å². The van der Waals surface area contributed by atoms with Crippen LogP contribution in [-0.2, 0) is 11.0 Å². The number of hydrogen-bond acceptors (Lipinski definition) is 6. The minimum absolute atomic E-state index is 0.283. The Morgan fingerprint density at radius 1 is 1.27 bits per heavy atom. The third-order valence-electron chi connectivity index (χ3n) is 3.18. The summed E-state index contributed by atoms with van der Waals surface area (Å²) in [7, 11) is 1.42. The number of anilines is 1. The van der Waals surface area contributed by atoms with Crippen LogP contribution in [0.1, 0.15) is 16.2 Å². The molecular formula is C16H11F3N4O3. The van der Waals surface area contributed by atoms with Crippen molar-refractivity contribution < 1.29 is 27.5 Å². The van der Waals surface area contributed by atoms with Gasteiger partial charge in [-0.05, 0) is 12.1 Å². The molecule has 0 aliphatic carbocycles. The van der Waals surface area contributed by atoms with E-state index >= 15 is 0 Å². The van der Waals surface area contributed by atoms with Crippen LogP contribution in [0.25, 0.3) is 0 Å². The van der Waals surface area contributed by atoms with Gasteiger partial charge in [0.25, 0.3) is 0 Å². The van der Waals surface area contributed by atoms with Gasteiger partial charge in [-0.2, -0.15) is 18.4 Å². The van der Waals surface area contributed by atoms with Gasteiger partial charge >= 0.3 is 6.18 Å². The molecular weight excluding hydrogens is 353 g/mol. The average molecular weight is 364 g/mol. The van der Waals surface area contributed by atoms with Gasteiger partial charge in [-0.15, -0.1) is 0 Å². The van der Waals surface area contributed by atoms with Crippen molar-refractivity contribution in [1.29, 1.82) is 5.26 Å². The molecule has 10 heteroatoms. The van der Waals surface area contributed by atoms with Gasteiger partial charge in [0.05, 0.1) is 18.7 Å². The van der Waals surface area contributed by atoms with Crippen molar-refractivity contribution in [3.05, 3.63) is 48.0 Å². The van der Waals surface area contributed by atoms with Crippen LogP contribution >= 0.6 is 0 Å². The molecule has 0 saturated heterocycles. The number of Topliss-reactive ketones (excluding diaryl/α,β-unsaturated/α-hetero) is 1. The van der Waals surface area contributed by atoms with E-state index < -0.39 is 29.6 Å². The Labute approximate surface area is 145 Å². The lowest BCUT2D eigenvalue weighted by atomic mass is 10.00. The maximum Gasteiger partial charge on any atom is 0.451 e. The van der Waals surface area contributed by atoms with E-state index in [0.29, 0.717) is 18.1 Å². The standard InChI is InChI=1S/C16H11F3N4O3/c1-26-11-4-2-3-10(5-11)23-14(25)12(6-20)13(24)9-7-21-15(22-8-9)16(17,18)19/h2-5,7-8,12H,1H3,(H,23,25). The fourth-order valence-electron chi connectivity index (χ4n) is 1.92. The highest BCUT2D eigenvalue weighted by Gasteiger charge is 2.35. The highest BCUT2D eigenvalue weighted by atomic mass is 19.4. The van der Waals surface area contributed by atoms with Crippen LogP contribution in [-0.4, -0.2) is 28.8 Å². The van der Waals surface area contributed by atoms with Crippen molar-refractivity contribution in [1.82, 2.24) is 9.97 Å². The number of ether oxygens (including phenoxy) is 1. The summed E-state index contributed by atoms with van der Waals surface area (Å²) >= 11 is 0. The van der Waals surface area contributed by atoms with Crippen LogP contribution in [0, 0.1) is 17.2 Å². The lowest BCUT2D eigenvalue weighted by molar-refractivity contribution is -0.145. The molecule has 1 aromatic heterocycles. The third kappa shape index (κ3) is 4.32. The molecule has 1 unspecified atom stereocenters. The Morgan fingerprint density at radius 3 is 2.46 bits per heavy atom. The summed E-state index contributed by atoms with van der Waals surface area (Å²) in [6.45, 7) is 0. The number of amides is 1. The summed E-state index contributed by atoms with van der Waals surface area (Å²) in [5, 5.41) is 11.5. The molecule has 0 radical (unpaired) electrons. The van der Waals surface area contributed by atoms with Gasteiger partial charge in [0.15, 0.2) is 11.7 Å². The molecule has 0 saturated carbocycles. The van der Waals surface area contributed by atoms with Gasteiger partial charge in [-0.1, -0.05) is 6.07 Å². The number of benzene rings is 1. The van der Waals surface area contributed by atoms with E-state index in [1.54, 1.807) is 12.1 Å². The average Bonchev–Trinajstić information content (AvgIpc) is 2.61. The van der Waals surface area contributed by atoms with Crippen LogP contribution in [0.4, 0.5) is 18.9 Å². The highest BCUT2D eigenvalue weighted by Crippen LogP contribution is 2.25. The first-order chi connectivity index (χ1) is 12.3. The Morgan fingerprint density at radius 2 is 1.92 bits per heavy atom. The number of rotatable bonds is 5. The first kappa shape index (κ1) is 18.9. The van der Waals surface area contributed by atoms with E-state index in [1.165, 1.54) is 25.3 Å². The SMILES string of the molecule is COc1cccc(NC(=O)C(C#N)C(=O)c2cnc(C(F)(F)F)nc2)c1. The van der Waals surface area contributed by atoms with Gasteiger partial charge in [0.1, 0.15) is 5.75 Å². The Balaban J connectivity index is 2.17. The number of carbonyl (C=O) groups is 2. The lowest BCUT2D eigenvalue weighted by Crippen LogP contribution is -2.29. The molecule has 0 aliphatic rings. The normalized spacial score (nSPS) is 12.0. The van der Waals surface area contributed by atoms with Crippen molar-refractivity contribution in [3.8, 4) is 11.8 Å². The molecule has 134 valence electrons. The minimum Gasteiger partial charge on any atom is -0.497 e. The number of hydrogen-bond donors (Lipinski definition) is 1. The fraction of sp³-hybridized carbons (Fsp3) is 0.188. The molecule has 0 bridgehead atoms. The molecule has 0 spiro atoms. The van der Waals surface area contributed by atoms with Crippen LogP contribution in [0.5, 0.6) is 5.75 Å². The van der Waals surface area contributed by atoms with E-state index in [1.807, 2.05) is 0 Å². The number of aromatic nitrogens is 2. The van der Waals surface area contributed by atoms with Crippen molar-refractivity contribution in [2.45, 2.75) is 6.18 Å². The zero-order valence-electron chi connectivity index (χ0n) is 13.2. The molecule has 1 aromatic carbocycles. The summed E-state index contributed by atoms with van der Waals surface area (Å²) in [6, 6.07) is 7.72. The predicted octanol–water partition coefficient (Wildman–Crippen LogP) is 2.47. The molecule has 7 nitrogen and oxygen atoms in total. The number of alkyl halides is 3. The number of nitriles is 1. The van der Waals surface area contributed by atoms with Crippen molar-refractivity contribution in [2.24, 2.45) is 5.92 Å². The molecule has 1 atom stereocenters. The molecule has 0 fully saturated rings. The summed E-state index contributed by atoms with van der Waals surface area (Å²) in [4.78, 5) is 30.5. The number of ketones is 1. The second kappa shape index (κ2) is 7.60. The maximum atomic E-state index is 12.4. The molecule has 1 heterocycles. The van der Waals surface area contributed by atoms with E-state index in [9.17, 15) is 22.8 Å². The largest absolute Gasteiger partial charge is 0.497 e. The van der Waals surface area contributed by atoms with Crippen molar-refractivity contribution >= 4 is 17.4 Å². The number of nitrogens with zero attached hydrogens (tertiary/aromatic N) is 3. The molecule has 26 heavy (non-hydrogen) atoms. The Hall–Kier alpha value is -3.48. The topological polar surface area (TPSA) is 105 Å². The monoisotopic (exact) mass is 364 g/mol. The smallest absolute Gasteiger partial charge is 0.451 e. The fourth-order valence-corrected chi connectivity index (χ4v) is 1.92. The minimum atomic E-state index is -4.76. The zero-order chi connectivity index (χ0) is 19.3. The summed E-state index contributed by atoms with van der Waals surface area (Å²) in [5.74, 6) is -4.71. The van der Waals surface area contributed by atoms with Crippen LogP contribution in [0.2, 0.25) is 0 Å². The maximum absolute atomic E-state index is 12.4. The summed E-state index contributed by atoms with van der Waals surface area (Å²) < 4.78 is 42.3. The van der Waals surface area contributed by atoms with Gasteiger partial charge in [0.2, 0.25) is 11.7 Å². The number of methoxy groups -OCH3 is 1. The van der Waals surface area contributed by atoms with Crippen molar-refractivity contribution in [3.63, 3.8) is 0 Å². The second-order valence-corrected chi connectivity index (χ2v) is 4.94. The van der Waals surface area contributed by atoms with Crippen LogP contribution in [0.15, 0.2) is 36.7 Å². The van der Waals surface area contributed by atoms with Gasteiger partial charge in [-0.3, -0.25) is 9.59 Å². The molecule has 1 amide bonds. The van der Waals surface area contributed by atoms with Crippen LogP contribution < -0.4 is 10.1 Å². The number of nitrogens with one attached hydrogen (secondary N) is 1. The summed E-state index contributed by atoms with van der Waals surface area (Å²) in [5.41, 5.74) is -0.101. The highest BCUT2D eigenvalue weighted by molar-refractivity contribution is 6.15. The quantitative estimate of drug-likeness (QED) is 0.645. The molecule has 2 aromatic rings. The molecule has 1 N–H and O–H groups in total. The summed E-state index contributed by atoms with van der Waals surface area (Å²) in [6.07, 6.45) is -3.51. The van der Waals surface area contributed by atoms with Gasteiger partial charge in [-0.25, -0.2) is 9.97 Å². The first-order valence-corrected chi connectivity index (χ1v) is 7.04. The van der Waals surface area contributed by atoms with Gasteiger partial charge in [0, 0.05) is 24.1 Å². The molecule has 2 rings (SSSR count). The number of carbonyl (C=O) groups excluding carboxylic acids is 2. The Kier molecular flexibility index (Phi) is 5.51. The second-order valence-electron chi connectivity index (χ2n) is 4.94. The molecule has 0 aliphatic heterocycles. The van der Waals surface area contributed by atoms with Crippen molar-refractivity contribution in [2.75, 3.05) is 12.4 Å². The lowest BCUT2D eigenvalue weighted by Gasteiger charge is -2.11. The zero-order valence-corrected chi connectivity index (χ0v) is 13.2. The third-order valence-corrected chi connectivity index (χ3v) is 3.18. The first-order valence-electron chi connectivity index (χ1n) is 7.04. The van der Waals surface area contributed by atoms with E-state index in [-0.39, 0.29) is 11.3 Å². The predicted molar refractivity (Wildman–Crippen MR) is 82.1 cm³/mol. The Bertz CT molecular complexity index is 860.